The van der Waals surface area contributed by atoms with Crippen molar-refractivity contribution in [3.63, 3.8) is 0 Å². The quantitative estimate of drug-likeness (QED) is 0.894. The molecular weight excluding hydrogens is 306 g/mol. The minimum absolute atomic E-state index is 0.295. The monoisotopic (exact) mass is 321 g/mol. The molecule has 1 aliphatic heterocycles. The molecule has 0 radical (unpaired) electrons. The summed E-state index contributed by atoms with van der Waals surface area (Å²) in [6.07, 6.45) is 0.906. The number of thioether (sulfide) groups is 1. The summed E-state index contributed by atoms with van der Waals surface area (Å²) in [6.45, 7) is 2.83. The van der Waals surface area contributed by atoms with Crippen LogP contribution in [0, 0.1) is 0 Å². The van der Waals surface area contributed by atoms with Gasteiger partial charge in [0.1, 0.15) is 0 Å². The Bertz CT molecular complexity index is 350. The fourth-order valence-corrected chi connectivity index (χ4v) is 4.83. The van der Waals surface area contributed by atoms with Crippen molar-refractivity contribution >= 4 is 39.0 Å². The van der Waals surface area contributed by atoms with E-state index in [0.717, 1.165) is 22.4 Å². The Morgan fingerprint density at radius 2 is 2.50 bits per heavy atom. The molecule has 1 aromatic heterocycles. The van der Waals surface area contributed by atoms with Crippen molar-refractivity contribution in [2.75, 3.05) is 18.1 Å². The maximum Gasteiger partial charge on any atom is 0.0869 e. The Balaban J connectivity index is 1.88. The van der Waals surface area contributed by atoms with Crippen molar-refractivity contribution in [1.82, 2.24) is 5.32 Å². The zero-order chi connectivity index (χ0) is 11.6. The zero-order valence-electron chi connectivity index (χ0n) is 9.20. The van der Waals surface area contributed by atoms with Gasteiger partial charge in [0.2, 0.25) is 0 Å². The second-order valence-electron chi connectivity index (χ2n) is 4.26. The second-order valence-corrected chi connectivity index (χ2v) is 7.17. The molecule has 0 saturated carbocycles. The van der Waals surface area contributed by atoms with Crippen LogP contribution in [0.25, 0.3) is 0 Å². The van der Waals surface area contributed by atoms with Crippen LogP contribution in [0.2, 0.25) is 0 Å². The van der Waals surface area contributed by atoms with Gasteiger partial charge in [-0.25, -0.2) is 0 Å². The van der Waals surface area contributed by atoms with Gasteiger partial charge in [0, 0.05) is 27.7 Å². The van der Waals surface area contributed by atoms with Gasteiger partial charge < -0.3 is 10.4 Å². The van der Waals surface area contributed by atoms with Crippen LogP contribution in [-0.2, 0) is 0 Å². The lowest BCUT2D eigenvalue weighted by Crippen LogP contribution is -2.41. The van der Waals surface area contributed by atoms with Gasteiger partial charge in [0.05, 0.1) is 5.60 Å². The van der Waals surface area contributed by atoms with E-state index >= 15 is 0 Å². The minimum Gasteiger partial charge on any atom is -0.388 e. The third kappa shape index (κ3) is 3.01. The molecule has 1 fully saturated rings. The molecule has 0 bridgehead atoms. The molecule has 0 spiro atoms. The van der Waals surface area contributed by atoms with Crippen molar-refractivity contribution in [2.45, 2.75) is 25.0 Å². The molecule has 2 heterocycles. The topological polar surface area (TPSA) is 32.3 Å². The summed E-state index contributed by atoms with van der Waals surface area (Å²) in [7, 11) is 0. The first kappa shape index (κ1) is 12.9. The van der Waals surface area contributed by atoms with Crippen LogP contribution in [0.3, 0.4) is 0 Å². The standard InChI is InChI=1S/C11H16BrNOS2/c1-8(10-9(12)2-4-16-10)13-6-11(14)3-5-15-7-11/h2,4,8,13-14H,3,5-7H2,1H3. The van der Waals surface area contributed by atoms with E-state index in [4.69, 9.17) is 0 Å². The number of aliphatic hydroxyl groups is 1. The summed E-state index contributed by atoms with van der Waals surface area (Å²) >= 11 is 7.12. The van der Waals surface area contributed by atoms with E-state index in [1.165, 1.54) is 4.88 Å². The highest BCUT2D eigenvalue weighted by atomic mass is 79.9. The summed E-state index contributed by atoms with van der Waals surface area (Å²) in [6, 6.07) is 2.36. The molecule has 2 atom stereocenters. The second kappa shape index (κ2) is 5.40. The van der Waals surface area contributed by atoms with Crippen LogP contribution in [0.5, 0.6) is 0 Å². The predicted molar refractivity (Wildman–Crippen MR) is 75.3 cm³/mol. The van der Waals surface area contributed by atoms with E-state index < -0.39 is 5.60 Å². The van der Waals surface area contributed by atoms with Crippen molar-refractivity contribution < 1.29 is 5.11 Å². The van der Waals surface area contributed by atoms with Crippen molar-refractivity contribution in [1.29, 1.82) is 0 Å². The van der Waals surface area contributed by atoms with E-state index in [2.05, 4.69) is 39.6 Å². The lowest BCUT2D eigenvalue weighted by molar-refractivity contribution is 0.0652. The van der Waals surface area contributed by atoms with Crippen LogP contribution in [0.15, 0.2) is 15.9 Å². The molecule has 2 N–H and O–H groups in total. The molecule has 2 nitrogen and oxygen atoms in total. The maximum atomic E-state index is 10.2. The summed E-state index contributed by atoms with van der Waals surface area (Å²) in [5, 5.41) is 15.7. The number of nitrogens with one attached hydrogen (secondary N) is 1. The average Bonchev–Trinajstić information content (AvgIpc) is 2.85. The van der Waals surface area contributed by atoms with Crippen molar-refractivity contribution in [3.8, 4) is 0 Å². The van der Waals surface area contributed by atoms with Gasteiger partial charge >= 0.3 is 0 Å². The molecule has 5 heteroatoms. The fraction of sp³-hybridized carbons (Fsp3) is 0.636. The Hall–Kier alpha value is 0.450. The molecule has 1 saturated heterocycles. The minimum atomic E-state index is -0.497. The molecule has 2 unspecified atom stereocenters. The van der Waals surface area contributed by atoms with E-state index in [9.17, 15) is 5.11 Å². The lowest BCUT2D eigenvalue weighted by Gasteiger charge is -2.24. The maximum absolute atomic E-state index is 10.2. The highest BCUT2D eigenvalue weighted by Gasteiger charge is 2.31. The van der Waals surface area contributed by atoms with Gasteiger partial charge in [-0.3, -0.25) is 0 Å². The first-order valence-corrected chi connectivity index (χ1v) is 8.20. The highest BCUT2D eigenvalue weighted by molar-refractivity contribution is 9.10. The van der Waals surface area contributed by atoms with Crippen LogP contribution in [0.4, 0.5) is 0 Å². The Morgan fingerprint density at radius 3 is 3.06 bits per heavy atom. The fourth-order valence-electron chi connectivity index (χ4n) is 1.79. The normalized spacial score (nSPS) is 27.2. The largest absolute Gasteiger partial charge is 0.388 e. The lowest BCUT2D eigenvalue weighted by atomic mass is 10.0. The number of thiophene rings is 1. The van der Waals surface area contributed by atoms with Crippen molar-refractivity contribution in [3.05, 3.63) is 20.8 Å². The van der Waals surface area contributed by atoms with Gasteiger partial charge in [-0.2, -0.15) is 11.8 Å². The molecule has 0 aliphatic carbocycles. The smallest absolute Gasteiger partial charge is 0.0869 e. The molecule has 1 aliphatic rings. The summed E-state index contributed by atoms with van der Waals surface area (Å²) < 4.78 is 1.16. The highest BCUT2D eigenvalue weighted by Crippen LogP contribution is 2.31. The Morgan fingerprint density at radius 1 is 1.69 bits per heavy atom. The molecule has 16 heavy (non-hydrogen) atoms. The van der Waals surface area contributed by atoms with Gasteiger partial charge in [-0.05, 0) is 46.5 Å². The van der Waals surface area contributed by atoms with Crippen molar-refractivity contribution in [2.24, 2.45) is 0 Å². The number of hydrogen-bond donors (Lipinski definition) is 2. The van der Waals surface area contributed by atoms with E-state index in [1.54, 1.807) is 11.3 Å². The third-order valence-corrected chi connectivity index (χ3v) is 6.15. The third-order valence-electron chi connectivity index (χ3n) is 2.86. The molecular formula is C11H16BrNOS2. The van der Waals surface area contributed by atoms with Crippen LogP contribution in [0.1, 0.15) is 24.3 Å². The first-order chi connectivity index (χ1) is 7.61. The van der Waals surface area contributed by atoms with Crippen LogP contribution in [-0.4, -0.2) is 28.8 Å². The zero-order valence-corrected chi connectivity index (χ0v) is 12.4. The molecule has 0 amide bonds. The summed E-state index contributed by atoms with van der Waals surface area (Å²) in [4.78, 5) is 1.30. The van der Waals surface area contributed by atoms with Gasteiger partial charge in [0.15, 0.2) is 0 Å². The Labute approximate surface area is 113 Å². The van der Waals surface area contributed by atoms with E-state index in [-0.39, 0.29) is 0 Å². The summed E-state index contributed by atoms with van der Waals surface area (Å²) in [5.74, 6) is 1.94. The van der Waals surface area contributed by atoms with Gasteiger partial charge in [0.25, 0.3) is 0 Å². The SMILES string of the molecule is CC(NCC1(O)CCSC1)c1sccc1Br. The van der Waals surface area contributed by atoms with Crippen LogP contribution >= 0.6 is 39.0 Å². The Kier molecular flexibility index (Phi) is 4.35. The predicted octanol–water partition coefficient (Wildman–Crippen LogP) is 3.03. The molecule has 90 valence electrons. The van der Waals surface area contributed by atoms with Crippen LogP contribution < -0.4 is 5.32 Å². The first-order valence-electron chi connectivity index (χ1n) is 5.37. The van der Waals surface area contributed by atoms with E-state index in [0.29, 0.717) is 12.6 Å². The molecule has 2 rings (SSSR count). The summed E-state index contributed by atoms with van der Waals surface area (Å²) in [5.41, 5.74) is -0.497. The number of halogens is 1. The van der Waals surface area contributed by atoms with Gasteiger partial charge in [-0.1, -0.05) is 0 Å². The number of hydrogen-bond acceptors (Lipinski definition) is 4. The van der Waals surface area contributed by atoms with Gasteiger partial charge in [-0.15, -0.1) is 11.3 Å². The van der Waals surface area contributed by atoms with E-state index in [1.807, 2.05) is 11.8 Å². The molecule has 0 aromatic carbocycles. The average molecular weight is 322 g/mol. The molecule has 1 aromatic rings. The number of rotatable bonds is 4.